The summed E-state index contributed by atoms with van der Waals surface area (Å²) in [5, 5.41) is 6.27. The normalized spacial score (nSPS) is 14.8. The Balaban J connectivity index is 1.46. The highest BCUT2D eigenvalue weighted by molar-refractivity contribution is 5.85. The maximum absolute atomic E-state index is 5.48. The molecule has 1 saturated heterocycles. The van der Waals surface area contributed by atoms with E-state index in [1.165, 1.54) is 27.6 Å². The van der Waals surface area contributed by atoms with Crippen molar-refractivity contribution in [2.24, 2.45) is 0 Å². The van der Waals surface area contributed by atoms with Crippen LogP contribution in [-0.4, -0.2) is 26.3 Å². The lowest BCUT2D eigenvalue weighted by Gasteiger charge is -2.30. The number of anilines is 1. The van der Waals surface area contributed by atoms with Gasteiger partial charge in [-0.3, -0.25) is 0 Å². The van der Waals surface area contributed by atoms with Gasteiger partial charge in [-0.15, -0.1) is 0 Å². The second kappa shape index (κ2) is 7.68. The lowest BCUT2D eigenvalue weighted by Crippen LogP contribution is -2.37. The van der Waals surface area contributed by atoms with Gasteiger partial charge in [0.05, 0.1) is 13.2 Å². The number of para-hydroxylation sites is 1. The Morgan fingerprint density at radius 2 is 1.44 bits per heavy atom. The Hall–Kier alpha value is -2.36. The first kappa shape index (κ1) is 16.1. The molecule has 3 heteroatoms. The van der Waals surface area contributed by atoms with Crippen LogP contribution >= 0.6 is 0 Å². The third kappa shape index (κ3) is 3.68. The fraction of sp³-hybridized carbons (Fsp3) is 0.273. The van der Waals surface area contributed by atoms with Gasteiger partial charge in [0, 0.05) is 31.9 Å². The zero-order valence-electron chi connectivity index (χ0n) is 14.4. The minimum atomic E-state index is 0.817. The lowest BCUT2D eigenvalue weighted by atomic mass is 10.0. The second-order valence-electron chi connectivity index (χ2n) is 6.47. The van der Waals surface area contributed by atoms with Gasteiger partial charge in [-0.05, 0) is 28.0 Å². The molecule has 1 aliphatic heterocycles. The molecule has 0 atom stereocenters. The Morgan fingerprint density at radius 3 is 2.36 bits per heavy atom. The van der Waals surface area contributed by atoms with Crippen molar-refractivity contribution in [3.05, 3.63) is 77.9 Å². The van der Waals surface area contributed by atoms with E-state index in [1.807, 2.05) is 0 Å². The van der Waals surface area contributed by atoms with Crippen LogP contribution in [0.3, 0.4) is 0 Å². The first-order valence-corrected chi connectivity index (χ1v) is 9.00. The van der Waals surface area contributed by atoms with E-state index in [0.29, 0.717) is 0 Å². The van der Waals surface area contributed by atoms with Crippen molar-refractivity contribution in [2.45, 2.75) is 13.1 Å². The summed E-state index contributed by atoms with van der Waals surface area (Å²) in [5.74, 6) is 0. The zero-order chi connectivity index (χ0) is 16.9. The van der Waals surface area contributed by atoms with Crippen molar-refractivity contribution in [2.75, 3.05) is 31.2 Å². The third-order valence-electron chi connectivity index (χ3n) is 4.85. The second-order valence-corrected chi connectivity index (χ2v) is 6.47. The fourth-order valence-electron chi connectivity index (χ4n) is 3.55. The quantitative estimate of drug-likeness (QED) is 0.765. The number of hydrogen-bond donors (Lipinski definition) is 1. The van der Waals surface area contributed by atoms with Crippen LogP contribution in [0.15, 0.2) is 66.7 Å². The average molecular weight is 332 g/mol. The van der Waals surface area contributed by atoms with E-state index in [9.17, 15) is 0 Å². The van der Waals surface area contributed by atoms with E-state index in [-0.39, 0.29) is 0 Å². The van der Waals surface area contributed by atoms with Crippen molar-refractivity contribution in [1.29, 1.82) is 0 Å². The standard InChI is InChI=1S/C22H24N2O/c1-3-10-21-18(6-1)8-5-9-19(21)16-23-17-20-7-2-4-11-22(20)24-12-14-25-15-13-24/h1-11,23H,12-17H2. The Bertz CT molecular complexity index is 835. The predicted octanol–water partition coefficient (Wildman–Crippen LogP) is 3.97. The summed E-state index contributed by atoms with van der Waals surface area (Å²) in [7, 11) is 0. The molecular formula is C22H24N2O. The van der Waals surface area contributed by atoms with Gasteiger partial charge < -0.3 is 15.0 Å². The maximum atomic E-state index is 5.48. The van der Waals surface area contributed by atoms with Gasteiger partial charge in [0.2, 0.25) is 0 Å². The molecule has 25 heavy (non-hydrogen) atoms. The third-order valence-corrected chi connectivity index (χ3v) is 4.85. The smallest absolute Gasteiger partial charge is 0.0642 e. The maximum Gasteiger partial charge on any atom is 0.0642 e. The van der Waals surface area contributed by atoms with Gasteiger partial charge in [-0.2, -0.15) is 0 Å². The molecule has 0 radical (unpaired) electrons. The molecule has 1 N–H and O–H groups in total. The molecule has 0 saturated carbocycles. The number of nitrogens with zero attached hydrogens (tertiary/aromatic N) is 1. The molecule has 0 spiro atoms. The van der Waals surface area contributed by atoms with Crippen molar-refractivity contribution in [3.63, 3.8) is 0 Å². The van der Waals surface area contributed by atoms with E-state index >= 15 is 0 Å². The van der Waals surface area contributed by atoms with Gasteiger partial charge in [0.15, 0.2) is 0 Å². The van der Waals surface area contributed by atoms with Gasteiger partial charge in [-0.1, -0.05) is 60.7 Å². The number of rotatable bonds is 5. The highest BCUT2D eigenvalue weighted by Gasteiger charge is 2.14. The van der Waals surface area contributed by atoms with Crippen LogP contribution in [0.25, 0.3) is 10.8 Å². The predicted molar refractivity (Wildman–Crippen MR) is 104 cm³/mol. The number of morpholine rings is 1. The van der Waals surface area contributed by atoms with E-state index in [0.717, 1.165) is 39.4 Å². The number of fused-ring (bicyclic) bond motifs is 1. The van der Waals surface area contributed by atoms with Crippen molar-refractivity contribution in [1.82, 2.24) is 5.32 Å². The summed E-state index contributed by atoms with van der Waals surface area (Å²) in [5.41, 5.74) is 4.03. The van der Waals surface area contributed by atoms with Gasteiger partial charge >= 0.3 is 0 Å². The van der Waals surface area contributed by atoms with Crippen LogP contribution in [0, 0.1) is 0 Å². The summed E-state index contributed by atoms with van der Waals surface area (Å²) < 4.78 is 5.48. The Labute approximate surface area is 149 Å². The summed E-state index contributed by atoms with van der Waals surface area (Å²) in [4.78, 5) is 2.43. The van der Waals surface area contributed by atoms with E-state index in [1.54, 1.807) is 0 Å². The van der Waals surface area contributed by atoms with Crippen molar-refractivity contribution < 1.29 is 4.74 Å². The van der Waals surface area contributed by atoms with Crippen LogP contribution in [0.4, 0.5) is 5.69 Å². The van der Waals surface area contributed by atoms with E-state index in [2.05, 4.69) is 76.9 Å². The fourth-order valence-corrected chi connectivity index (χ4v) is 3.55. The molecule has 1 aliphatic rings. The van der Waals surface area contributed by atoms with Crippen molar-refractivity contribution in [3.8, 4) is 0 Å². The van der Waals surface area contributed by atoms with E-state index < -0.39 is 0 Å². The van der Waals surface area contributed by atoms with Gasteiger partial charge in [0.25, 0.3) is 0 Å². The molecular weight excluding hydrogens is 308 g/mol. The summed E-state index contributed by atoms with van der Waals surface area (Å²) in [6.07, 6.45) is 0. The number of hydrogen-bond acceptors (Lipinski definition) is 3. The van der Waals surface area contributed by atoms with Crippen LogP contribution in [0.5, 0.6) is 0 Å². The monoisotopic (exact) mass is 332 g/mol. The van der Waals surface area contributed by atoms with Crippen LogP contribution < -0.4 is 10.2 Å². The summed E-state index contributed by atoms with van der Waals surface area (Å²) in [6.45, 7) is 5.33. The molecule has 0 amide bonds. The molecule has 4 rings (SSSR count). The van der Waals surface area contributed by atoms with Gasteiger partial charge in [-0.25, -0.2) is 0 Å². The molecule has 1 heterocycles. The molecule has 0 aromatic heterocycles. The minimum Gasteiger partial charge on any atom is -0.378 e. The number of benzene rings is 3. The largest absolute Gasteiger partial charge is 0.378 e. The molecule has 3 aromatic carbocycles. The molecule has 0 bridgehead atoms. The van der Waals surface area contributed by atoms with Crippen molar-refractivity contribution >= 4 is 16.5 Å². The first-order chi connectivity index (χ1) is 12.4. The minimum absolute atomic E-state index is 0.817. The molecule has 128 valence electrons. The Morgan fingerprint density at radius 1 is 0.760 bits per heavy atom. The molecule has 0 aliphatic carbocycles. The first-order valence-electron chi connectivity index (χ1n) is 9.00. The highest BCUT2D eigenvalue weighted by Crippen LogP contribution is 2.22. The highest BCUT2D eigenvalue weighted by atomic mass is 16.5. The average Bonchev–Trinajstić information content (AvgIpc) is 2.69. The van der Waals surface area contributed by atoms with Crippen LogP contribution in [0.2, 0.25) is 0 Å². The lowest BCUT2D eigenvalue weighted by molar-refractivity contribution is 0.122. The molecule has 0 unspecified atom stereocenters. The SMILES string of the molecule is c1ccc(N2CCOCC2)c(CNCc2cccc3ccccc23)c1. The molecule has 3 aromatic rings. The molecule has 1 fully saturated rings. The number of nitrogens with one attached hydrogen (secondary N) is 1. The Kier molecular flexibility index (Phi) is 4.96. The summed E-state index contributed by atoms with van der Waals surface area (Å²) >= 11 is 0. The van der Waals surface area contributed by atoms with Crippen LogP contribution in [-0.2, 0) is 17.8 Å². The van der Waals surface area contributed by atoms with E-state index in [4.69, 9.17) is 4.74 Å². The number of ether oxygens (including phenoxy) is 1. The van der Waals surface area contributed by atoms with Crippen LogP contribution in [0.1, 0.15) is 11.1 Å². The summed E-state index contributed by atoms with van der Waals surface area (Å²) in [6, 6.07) is 23.8. The zero-order valence-corrected chi connectivity index (χ0v) is 14.4. The topological polar surface area (TPSA) is 24.5 Å². The van der Waals surface area contributed by atoms with Gasteiger partial charge in [0.1, 0.15) is 0 Å². The molecule has 3 nitrogen and oxygen atoms in total.